The minimum atomic E-state index is -0.297. The Kier molecular flexibility index (Phi) is 4.97. The Balaban J connectivity index is 1.25. The molecule has 1 unspecified atom stereocenters. The number of nitrogens with zero attached hydrogens (tertiary/aromatic N) is 8. The molecule has 4 heterocycles. The number of para-hydroxylation sites is 1. The smallest absolute Gasteiger partial charge is 0.228 e. The number of carbonyl (C=O) groups is 2. The topological polar surface area (TPSA) is 100 Å². The highest BCUT2D eigenvalue weighted by Gasteiger charge is 2.38. The van der Waals surface area contributed by atoms with E-state index in [0.29, 0.717) is 44.8 Å². The second-order valence-electron chi connectivity index (χ2n) is 7.83. The molecule has 0 N–H and O–H groups in total. The third kappa shape index (κ3) is 3.47. The normalized spacial score (nSPS) is 19.5. The Morgan fingerprint density at radius 3 is 2.61 bits per heavy atom. The summed E-state index contributed by atoms with van der Waals surface area (Å²) in [4.78, 5) is 40.0. The van der Waals surface area contributed by atoms with E-state index in [4.69, 9.17) is 0 Å². The van der Waals surface area contributed by atoms with Gasteiger partial charge >= 0.3 is 0 Å². The van der Waals surface area contributed by atoms with Gasteiger partial charge in [0.1, 0.15) is 6.33 Å². The van der Waals surface area contributed by atoms with Crippen LogP contribution in [0.3, 0.4) is 0 Å². The first-order valence-electron chi connectivity index (χ1n) is 10.6. The SMILES string of the molecule is CCn1nnc2c(N3CCN(C(=O)C4CC(=O)N(c5ccccc5)C4)CC3)ncnc21. The van der Waals surface area contributed by atoms with Crippen molar-refractivity contribution in [1.82, 2.24) is 29.9 Å². The lowest BCUT2D eigenvalue weighted by molar-refractivity contribution is -0.136. The summed E-state index contributed by atoms with van der Waals surface area (Å²) >= 11 is 0. The predicted octanol–water partition coefficient (Wildman–Crippen LogP) is 0.943. The number of fused-ring (bicyclic) bond motifs is 1. The molecule has 1 aromatic carbocycles. The van der Waals surface area contributed by atoms with Crippen molar-refractivity contribution in [2.45, 2.75) is 19.9 Å². The molecule has 160 valence electrons. The average Bonchev–Trinajstić information content (AvgIpc) is 3.42. The van der Waals surface area contributed by atoms with Gasteiger partial charge in [-0.05, 0) is 19.1 Å². The van der Waals surface area contributed by atoms with Gasteiger partial charge in [-0.3, -0.25) is 9.59 Å². The maximum atomic E-state index is 13.1. The average molecular weight is 420 g/mol. The van der Waals surface area contributed by atoms with Crippen molar-refractivity contribution in [1.29, 1.82) is 0 Å². The Labute approximate surface area is 179 Å². The zero-order chi connectivity index (χ0) is 21.4. The number of rotatable bonds is 4. The third-order valence-electron chi connectivity index (χ3n) is 6.01. The Morgan fingerprint density at radius 1 is 1.10 bits per heavy atom. The molecule has 0 bridgehead atoms. The molecule has 0 saturated carbocycles. The maximum absolute atomic E-state index is 13.1. The Bertz CT molecular complexity index is 1110. The molecule has 0 aliphatic carbocycles. The molecule has 2 aliphatic heterocycles. The van der Waals surface area contributed by atoms with Crippen LogP contribution in [0.15, 0.2) is 36.7 Å². The molecule has 2 saturated heterocycles. The predicted molar refractivity (Wildman–Crippen MR) is 114 cm³/mol. The summed E-state index contributed by atoms with van der Waals surface area (Å²) in [5.41, 5.74) is 2.25. The largest absolute Gasteiger partial charge is 0.351 e. The molecule has 1 atom stereocenters. The summed E-state index contributed by atoms with van der Waals surface area (Å²) in [7, 11) is 0. The highest BCUT2D eigenvalue weighted by Crippen LogP contribution is 2.27. The van der Waals surface area contributed by atoms with Crippen LogP contribution < -0.4 is 9.80 Å². The van der Waals surface area contributed by atoms with Crippen molar-refractivity contribution in [2.24, 2.45) is 5.92 Å². The van der Waals surface area contributed by atoms with E-state index in [1.54, 1.807) is 9.58 Å². The number of amides is 2. The van der Waals surface area contributed by atoms with Gasteiger partial charge in [0.2, 0.25) is 11.8 Å². The standard InChI is InChI=1S/C21H24N8O2/c1-2-29-20-18(24-25-29)19(22-14-23-20)26-8-10-27(11-9-26)21(31)15-12-17(30)28(13-15)16-6-4-3-5-7-16/h3-7,14-15H,2,8-13H2,1H3. The second-order valence-corrected chi connectivity index (χ2v) is 7.83. The third-order valence-corrected chi connectivity index (χ3v) is 6.01. The fourth-order valence-electron chi connectivity index (χ4n) is 4.35. The summed E-state index contributed by atoms with van der Waals surface area (Å²) in [5.74, 6) is 0.513. The fraction of sp³-hybridized carbons (Fsp3) is 0.429. The second kappa shape index (κ2) is 7.93. The van der Waals surface area contributed by atoms with Crippen LogP contribution in [0.25, 0.3) is 11.2 Å². The lowest BCUT2D eigenvalue weighted by Crippen LogP contribution is -2.51. The van der Waals surface area contributed by atoms with Crippen LogP contribution in [0.2, 0.25) is 0 Å². The van der Waals surface area contributed by atoms with Crippen LogP contribution in [-0.4, -0.2) is 74.4 Å². The summed E-state index contributed by atoms with van der Waals surface area (Å²) in [6.07, 6.45) is 1.80. The first-order chi connectivity index (χ1) is 15.2. The zero-order valence-corrected chi connectivity index (χ0v) is 17.4. The van der Waals surface area contributed by atoms with E-state index in [9.17, 15) is 9.59 Å². The number of aryl methyl sites for hydroxylation is 1. The fourth-order valence-corrected chi connectivity index (χ4v) is 4.35. The first-order valence-corrected chi connectivity index (χ1v) is 10.6. The summed E-state index contributed by atoms with van der Waals surface area (Å²) in [6, 6.07) is 9.53. The number of anilines is 2. The summed E-state index contributed by atoms with van der Waals surface area (Å²) in [6.45, 7) is 5.60. The molecule has 5 rings (SSSR count). The maximum Gasteiger partial charge on any atom is 0.228 e. The molecule has 0 spiro atoms. The van der Waals surface area contributed by atoms with Gasteiger partial charge in [-0.25, -0.2) is 14.6 Å². The van der Waals surface area contributed by atoms with Crippen molar-refractivity contribution in [3.05, 3.63) is 36.7 Å². The number of hydrogen-bond acceptors (Lipinski definition) is 7. The van der Waals surface area contributed by atoms with Gasteiger partial charge in [-0.15, -0.1) is 5.10 Å². The number of carbonyl (C=O) groups excluding carboxylic acids is 2. The van der Waals surface area contributed by atoms with Crippen LogP contribution in [0, 0.1) is 5.92 Å². The molecule has 3 aromatic rings. The van der Waals surface area contributed by atoms with Gasteiger partial charge in [0.15, 0.2) is 17.0 Å². The van der Waals surface area contributed by atoms with Crippen molar-refractivity contribution in [2.75, 3.05) is 42.5 Å². The van der Waals surface area contributed by atoms with Gasteiger partial charge in [0, 0.05) is 51.4 Å². The number of piperazine rings is 1. The molecule has 2 aromatic heterocycles. The molecular weight excluding hydrogens is 396 g/mol. The molecule has 2 fully saturated rings. The van der Waals surface area contributed by atoms with E-state index < -0.39 is 0 Å². The lowest BCUT2D eigenvalue weighted by Gasteiger charge is -2.36. The van der Waals surface area contributed by atoms with Gasteiger partial charge in [-0.2, -0.15) is 0 Å². The highest BCUT2D eigenvalue weighted by molar-refractivity contribution is 6.00. The lowest BCUT2D eigenvalue weighted by atomic mass is 10.1. The Morgan fingerprint density at radius 2 is 1.87 bits per heavy atom. The molecule has 31 heavy (non-hydrogen) atoms. The number of aromatic nitrogens is 5. The number of benzene rings is 1. The Hall–Kier alpha value is -3.56. The van der Waals surface area contributed by atoms with Crippen molar-refractivity contribution in [3.63, 3.8) is 0 Å². The van der Waals surface area contributed by atoms with E-state index >= 15 is 0 Å². The zero-order valence-electron chi connectivity index (χ0n) is 17.4. The van der Waals surface area contributed by atoms with E-state index in [0.717, 1.165) is 17.2 Å². The van der Waals surface area contributed by atoms with Gasteiger partial charge in [-0.1, -0.05) is 23.4 Å². The van der Waals surface area contributed by atoms with E-state index in [-0.39, 0.29) is 24.2 Å². The summed E-state index contributed by atoms with van der Waals surface area (Å²) < 4.78 is 1.75. The van der Waals surface area contributed by atoms with E-state index in [1.165, 1.54) is 6.33 Å². The number of hydrogen-bond donors (Lipinski definition) is 0. The quantitative estimate of drug-likeness (QED) is 0.619. The monoisotopic (exact) mass is 420 g/mol. The van der Waals surface area contributed by atoms with Crippen LogP contribution in [-0.2, 0) is 16.1 Å². The van der Waals surface area contributed by atoms with E-state index in [1.807, 2.05) is 42.2 Å². The molecule has 0 radical (unpaired) electrons. The molecule has 10 heteroatoms. The van der Waals surface area contributed by atoms with Gasteiger partial charge in [0.05, 0.1) is 5.92 Å². The van der Waals surface area contributed by atoms with Crippen LogP contribution >= 0.6 is 0 Å². The van der Waals surface area contributed by atoms with Crippen LogP contribution in [0.4, 0.5) is 11.5 Å². The molecule has 2 amide bonds. The van der Waals surface area contributed by atoms with Crippen LogP contribution in [0.5, 0.6) is 0 Å². The van der Waals surface area contributed by atoms with Crippen molar-refractivity contribution in [3.8, 4) is 0 Å². The van der Waals surface area contributed by atoms with E-state index in [2.05, 4.69) is 25.2 Å². The summed E-state index contributed by atoms with van der Waals surface area (Å²) in [5, 5.41) is 8.39. The molecule has 2 aliphatic rings. The van der Waals surface area contributed by atoms with Gasteiger partial charge < -0.3 is 14.7 Å². The minimum Gasteiger partial charge on any atom is -0.351 e. The minimum absolute atomic E-state index is 0.00516. The van der Waals surface area contributed by atoms with Gasteiger partial charge in [0.25, 0.3) is 0 Å². The van der Waals surface area contributed by atoms with Crippen LogP contribution in [0.1, 0.15) is 13.3 Å². The molecular formula is C21H24N8O2. The molecule has 10 nitrogen and oxygen atoms in total. The van der Waals surface area contributed by atoms with Crippen molar-refractivity contribution >= 4 is 34.5 Å². The van der Waals surface area contributed by atoms with Crippen molar-refractivity contribution < 1.29 is 9.59 Å². The highest BCUT2D eigenvalue weighted by atomic mass is 16.2. The first kappa shape index (κ1) is 19.4.